The van der Waals surface area contributed by atoms with Crippen LogP contribution in [0, 0.1) is 3.57 Å². The molecule has 2 rings (SSSR count). The van der Waals surface area contributed by atoms with Gasteiger partial charge in [0.1, 0.15) is 0 Å². The van der Waals surface area contributed by atoms with Crippen molar-refractivity contribution in [3.05, 3.63) is 44.3 Å². The second-order valence-electron chi connectivity index (χ2n) is 2.93. The molecule has 13 heavy (non-hydrogen) atoms. The van der Waals surface area contributed by atoms with Crippen molar-refractivity contribution < 1.29 is 0 Å². The molecule has 0 aliphatic rings. The summed E-state index contributed by atoms with van der Waals surface area (Å²) in [6.45, 7) is 0. The van der Waals surface area contributed by atoms with E-state index in [-0.39, 0.29) is 5.56 Å². The van der Waals surface area contributed by atoms with Crippen LogP contribution < -0.4 is 5.56 Å². The molecule has 3 heteroatoms. The molecule has 0 saturated carbocycles. The van der Waals surface area contributed by atoms with Crippen LogP contribution in [0.5, 0.6) is 0 Å². The molecule has 0 amide bonds. The van der Waals surface area contributed by atoms with E-state index in [1.165, 1.54) is 0 Å². The number of pyridine rings is 1. The molecule has 0 unspecified atom stereocenters. The normalized spacial score (nSPS) is 10.6. The fourth-order valence-electron chi connectivity index (χ4n) is 1.34. The predicted octanol–water partition coefficient (Wildman–Crippen LogP) is 2.14. The highest BCUT2D eigenvalue weighted by atomic mass is 127. The molecule has 2 aromatic rings. The zero-order valence-corrected chi connectivity index (χ0v) is 9.28. The number of hydrogen-bond donors (Lipinski definition) is 0. The van der Waals surface area contributed by atoms with E-state index >= 15 is 0 Å². The minimum absolute atomic E-state index is 0.0366. The second kappa shape index (κ2) is 3.14. The lowest BCUT2D eigenvalue weighted by atomic mass is 10.2. The summed E-state index contributed by atoms with van der Waals surface area (Å²) in [5.41, 5.74) is 1.02. The van der Waals surface area contributed by atoms with Gasteiger partial charge in [0.15, 0.2) is 0 Å². The topological polar surface area (TPSA) is 22.0 Å². The first-order valence-electron chi connectivity index (χ1n) is 3.94. The largest absolute Gasteiger partial charge is 0.311 e. The number of benzene rings is 1. The molecule has 0 saturated heterocycles. The molecule has 0 bridgehead atoms. The van der Waals surface area contributed by atoms with Gasteiger partial charge in [0, 0.05) is 16.7 Å². The number of halogens is 1. The van der Waals surface area contributed by atoms with Crippen LogP contribution in [-0.2, 0) is 7.05 Å². The molecule has 1 heterocycles. The maximum absolute atomic E-state index is 11.3. The van der Waals surface area contributed by atoms with Crippen molar-refractivity contribution in [2.75, 3.05) is 0 Å². The molecule has 0 radical (unpaired) electrons. The molecule has 0 fully saturated rings. The van der Waals surface area contributed by atoms with Crippen LogP contribution in [0.3, 0.4) is 0 Å². The fourth-order valence-corrected chi connectivity index (χ4v) is 1.81. The first-order chi connectivity index (χ1) is 6.18. The van der Waals surface area contributed by atoms with Gasteiger partial charge in [0.05, 0.1) is 5.52 Å². The maximum Gasteiger partial charge on any atom is 0.250 e. The maximum atomic E-state index is 11.3. The van der Waals surface area contributed by atoms with E-state index in [1.807, 2.05) is 24.3 Å². The Balaban J connectivity index is 2.97. The third-order valence-electron chi connectivity index (χ3n) is 2.09. The Hall–Kier alpha value is -0.840. The van der Waals surface area contributed by atoms with Crippen LogP contribution in [0.2, 0.25) is 0 Å². The molecule has 0 N–H and O–H groups in total. The van der Waals surface area contributed by atoms with Gasteiger partial charge in [-0.15, -0.1) is 0 Å². The summed E-state index contributed by atoms with van der Waals surface area (Å²) >= 11 is 2.24. The van der Waals surface area contributed by atoms with E-state index in [9.17, 15) is 4.79 Å². The molecule has 0 aliphatic carbocycles. The van der Waals surface area contributed by atoms with Crippen LogP contribution >= 0.6 is 22.6 Å². The van der Waals surface area contributed by atoms with Gasteiger partial charge in [0.2, 0.25) is 0 Å². The summed E-state index contributed by atoms with van der Waals surface area (Å²) in [4.78, 5) is 11.3. The van der Waals surface area contributed by atoms with Crippen molar-refractivity contribution in [2.24, 2.45) is 7.05 Å². The molecule has 2 nitrogen and oxygen atoms in total. The minimum atomic E-state index is 0.0366. The highest BCUT2D eigenvalue weighted by Crippen LogP contribution is 2.14. The number of rotatable bonds is 0. The van der Waals surface area contributed by atoms with Gasteiger partial charge in [-0.25, -0.2) is 0 Å². The predicted molar refractivity (Wildman–Crippen MR) is 61.9 cm³/mol. The van der Waals surface area contributed by atoms with Gasteiger partial charge >= 0.3 is 0 Å². The van der Waals surface area contributed by atoms with E-state index in [0.717, 1.165) is 14.5 Å². The van der Waals surface area contributed by atoms with Crippen LogP contribution in [0.25, 0.3) is 10.9 Å². The van der Waals surface area contributed by atoms with Crippen molar-refractivity contribution in [1.82, 2.24) is 4.57 Å². The Morgan fingerprint density at radius 2 is 1.92 bits per heavy atom. The summed E-state index contributed by atoms with van der Waals surface area (Å²) in [5.74, 6) is 0. The van der Waals surface area contributed by atoms with Gasteiger partial charge in [-0.1, -0.05) is 6.07 Å². The number of hydrogen-bond acceptors (Lipinski definition) is 1. The third-order valence-corrected chi connectivity index (χ3v) is 2.76. The van der Waals surface area contributed by atoms with Gasteiger partial charge < -0.3 is 4.57 Å². The third kappa shape index (κ3) is 1.48. The Morgan fingerprint density at radius 1 is 1.23 bits per heavy atom. The summed E-state index contributed by atoms with van der Waals surface area (Å²) in [7, 11) is 1.79. The first-order valence-corrected chi connectivity index (χ1v) is 5.02. The zero-order chi connectivity index (χ0) is 9.42. The minimum Gasteiger partial charge on any atom is -0.311 e. The Kier molecular flexibility index (Phi) is 2.11. The standard InChI is InChI=1S/C10H8INO/c1-12-9-6-8(11)4-2-7(9)3-5-10(12)13/h2-6H,1H3. The molecular formula is C10H8INO. The summed E-state index contributed by atoms with van der Waals surface area (Å²) in [6.07, 6.45) is 0. The molecule has 0 spiro atoms. The Bertz CT molecular complexity index is 516. The average Bonchev–Trinajstić information content (AvgIpc) is 2.12. The lowest BCUT2D eigenvalue weighted by Gasteiger charge is -2.03. The van der Waals surface area contributed by atoms with E-state index in [4.69, 9.17) is 0 Å². The van der Waals surface area contributed by atoms with Gasteiger partial charge in [-0.2, -0.15) is 0 Å². The van der Waals surface area contributed by atoms with Gasteiger partial charge in [-0.3, -0.25) is 4.79 Å². The quantitative estimate of drug-likeness (QED) is 0.680. The van der Waals surface area contributed by atoms with Crippen LogP contribution in [0.15, 0.2) is 35.1 Å². The van der Waals surface area contributed by atoms with Crippen molar-refractivity contribution in [3.63, 3.8) is 0 Å². The zero-order valence-electron chi connectivity index (χ0n) is 7.12. The van der Waals surface area contributed by atoms with E-state index in [2.05, 4.69) is 22.6 Å². The van der Waals surface area contributed by atoms with Crippen molar-refractivity contribution in [2.45, 2.75) is 0 Å². The van der Waals surface area contributed by atoms with Crippen LogP contribution in [0.4, 0.5) is 0 Å². The van der Waals surface area contributed by atoms with Crippen molar-refractivity contribution >= 4 is 33.5 Å². The van der Waals surface area contributed by atoms with Gasteiger partial charge in [-0.05, 0) is 46.2 Å². The monoisotopic (exact) mass is 285 g/mol. The first kappa shape index (κ1) is 8.74. The second-order valence-corrected chi connectivity index (χ2v) is 4.18. The molecule has 0 aliphatic heterocycles. The van der Waals surface area contributed by atoms with Crippen LogP contribution in [-0.4, -0.2) is 4.57 Å². The molecular weight excluding hydrogens is 277 g/mol. The Labute approximate surface area is 89.3 Å². The molecule has 66 valence electrons. The fraction of sp³-hybridized carbons (Fsp3) is 0.100. The van der Waals surface area contributed by atoms with E-state index < -0.39 is 0 Å². The van der Waals surface area contributed by atoms with E-state index in [1.54, 1.807) is 17.7 Å². The molecule has 0 atom stereocenters. The smallest absolute Gasteiger partial charge is 0.250 e. The molecule has 1 aromatic carbocycles. The number of nitrogens with zero attached hydrogens (tertiary/aromatic N) is 1. The summed E-state index contributed by atoms with van der Waals surface area (Å²) in [6, 6.07) is 9.52. The SMILES string of the molecule is Cn1c(=O)ccc2ccc(I)cc21. The summed E-state index contributed by atoms with van der Waals surface area (Å²) in [5, 5.41) is 1.10. The molecule has 1 aromatic heterocycles. The Morgan fingerprint density at radius 3 is 2.69 bits per heavy atom. The lowest BCUT2D eigenvalue weighted by molar-refractivity contribution is 0.906. The summed E-state index contributed by atoms with van der Waals surface area (Å²) < 4.78 is 2.81. The average molecular weight is 285 g/mol. The lowest BCUT2D eigenvalue weighted by Crippen LogP contribution is -2.14. The number of aromatic nitrogens is 1. The van der Waals surface area contributed by atoms with Gasteiger partial charge in [0.25, 0.3) is 5.56 Å². The highest BCUT2D eigenvalue weighted by molar-refractivity contribution is 14.1. The van der Waals surface area contributed by atoms with Crippen molar-refractivity contribution in [3.8, 4) is 0 Å². The highest BCUT2D eigenvalue weighted by Gasteiger charge is 1.98. The van der Waals surface area contributed by atoms with Crippen molar-refractivity contribution in [1.29, 1.82) is 0 Å². The number of fused-ring (bicyclic) bond motifs is 1. The van der Waals surface area contributed by atoms with Crippen LogP contribution in [0.1, 0.15) is 0 Å². The van der Waals surface area contributed by atoms with E-state index in [0.29, 0.717) is 0 Å². The number of aryl methyl sites for hydroxylation is 1.